The second-order valence-electron chi connectivity index (χ2n) is 11.2. The molecule has 0 spiro atoms. The molecule has 1 aliphatic rings. The molecule has 0 bridgehead atoms. The summed E-state index contributed by atoms with van der Waals surface area (Å²) < 4.78 is 6.68. The first-order valence-corrected chi connectivity index (χ1v) is 14.4. The summed E-state index contributed by atoms with van der Waals surface area (Å²) in [4.78, 5) is 42.0. The number of hydrogen-bond donors (Lipinski definition) is 2. The molecule has 0 radical (unpaired) electrons. The number of carbonyl (C=O) groups excluding carboxylic acids is 1. The highest BCUT2D eigenvalue weighted by Gasteiger charge is 2.28. The topological polar surface area (TPSA) is 115 Å². The van der Waals surface area contributed by atoms with Crippen molar-refractivity contribution in [1.82, 2.24) is 38.7 Å². The molecule has 222 valence electrons. The molecular weight excluding hydrogens is 556 g/mol. The molecule has 1 fully saturated rings. The normalized spacial score (nSPS) is 13.1. The third-order valence-corrected chi connectivity index (χ3v) is 7.77. The largest absolute Gasteiger partial charge is 0.361 e. The van der Waals surface area contributed by atoms with Crippen molar-refractivity contribution in [2.75, 3.05) is 27.2 Å². The Morgan fingerprint density at radius 3 is 2.60 bits per heavy atom. The van der Waals surface area contributed by atoms with Gasteiger partial charge >= 0.3 is 5.69 Å². The van der Waals surface area contributed by atoms with Crippen molar-refractivity contribution >= 4 is 39.4 Å². The summed E-state index contributed by atoms with van der Waals surface area (Å²) in [6, 6.07) is 9.63. The van der Waals surface area contributed by atoms with Crippen LogP contribution in [0.5, 0.6) is 0 Å². The van der Waals surface area contributed by atoms with Crippen LogP contribution in [-0.4, -0.2) is 66.5 Å². The molecule has 11 nitrogen and oxygen atoms in total. The van der Waals surface area contributed by atoms with E-state index in [9.17, 15) is 14.4 Å². The minimum Gasteiger partial charge on any atom is -0.361 e. The lowest BCUT2D eigenvalue weighted by Crippen LogP contribution is -2.38. The van der Waals surface area contributed by atoms with Gasteiger partial charge in [0, 0.05) is 69.0 Å². The Hall–Kier alpha value is -4.09. The van der Waals surface area contributed by atoms with Gasteiger partial charge in [0.1, 0.15) is 11.1 Å². The van der Waals surface area contributed by atoms with Gasteiger partial charge in [0.05, 0.1) is 12.2 Å². The predicted octanol–water partition coefficient (Wildman–Crippen LogP) is 3.18. The van der Waals surface area contributed by atoms with E-state index < -0.39 is 0 Å². The standard InChI is InChI=1S/C24H23ClN6O2.C6H14N2O/c1-28-9-3-4-19(28)21-20-22(30(12-14-5-6-14)24(33)29(2)23(20)32)27-31(21)13-15-11-26-18-8-7-16(25)10-17(15)18;1-6(9)7-4-5-8(2)3/h3-4,7-11,14,26H,5-6,12-13H2,1-2H3;4-5H2,1-3H3,(H,7,9). The van der Waals surface area contributed by atoms with Crippen LogP contribution in [0.25, 0.3) is 33.3 Å². The van der Waals surface area contributed by atoms with Crippen LogP contribution in [0.1, 0.15) is 25.3 Å². The SMILES string of the molecule is CC(=O)NCCN(C)C.Cn1cccc1-c1c2c(=O)n(C)c(=O)n(CC3CC3)c2nn1Cc1c[nH]c2ccc(Cl)cc12. The molecule has 5 aromatic rings. The number of H-pyrrole nitrogens is 1. The number of benzene rings is 1. The second kappa shape index (κ2) is 12.0. The summed E-state index contributed by atoms with van der Waals surface area (Å²) >= 11 is 6.26. The van der Waals surface area contributed by atoms with Crippen LogP contribution in [0.2, 0.25) is 5.02 Å². The lowest BCUT2D eigenvalue weighted by molar-refractivity contribution is -0.118. The summed E-state index contributed by atoms with van der Waals surface area (Å²) in [6.07, 6.45) is 6.07. The van der Waals surface area contributed by atoms with Crippen LogP contribution < -0.4 is 16.6 Å². The Bertz CT molecular complexity index is 1870. The first-order valence-electron chi connectivity index (χ1n) is 14.0. The maximum atomic E-state index is 13.4. The number of fused-ring (bicyclic) bond motifs is 2. The van der Waals surface area contributed by atoms with Crippen LogP contribution in [0.15, 0.2) is 52.3 Å². The smallest absolute Gasteiger partial charge is 0.332 e. The molecule has 1 aromatic carbocycles. The number of likely N-dealkylation sites (N-methyl/N-ethyl adjacent to an activating group) is 1. The number of rotatable bonds is 8. The number of halogens is 1. The number of aromatic nitrogens is 6. The highest BCUT2D eigenvalue weighted by atomic mass is 35.5. The van der Waals surface area contributed by atoms with Crippen LogP contribution in [-0.2, 0) is 32.0 Å². The van der Waals surface area contributed by atoms with E-state index in [4.69, 9.17) is 16.7 Å². The van der Waals surface area contributed by atoms with Gasteiger partial charge in [-0.1, -0.05) is 11.6 Å². The molecular formula is C30H37ClN8O3. The predicted molar refractivity (Wildman–Crippen MR) is 166 cm³/mol. The molecule has 42 heavy (non-hydrogen) atoms. The highest BCUT2D eigenvalue weighted by Crippen LogP contribution is 2.33. The van der Waals surface area contributed by atoms with Crippen molar-refractivity contribution in [3.05, 3.63) is 74.1 Å². The fourth-order valence-electron chi connectivity index (χ4n) is 5.06. The summed E-state index contributed by atoms with van der Waals surface area (Å²) in [7, 11) is 7.43. The van der Waals surface area contributed by atoms with E-state index >= 15 is 0 Å². The zero-order valence-electron chi connectivity index (χ0n) is 24.6. The van der Waals surface area contributed by atoms with E-state index in [1.54, 1.807) is 11.6 Å². The van der Waals surface area contributed by atoms with Crippen molar-refractivity contribution in [3.63, 3.8) is 0 Å². The van der Waals surface area contributed by atoms with E-state index in [0.717, 1.165) is 48.1 Å². The van der Waals surface area contributed by atoms with Crippen molar-refractivity contribution in [3.8, 4) is 11.4 Å². The number of aromatic amines is 1. The van der Waals surface area contributed by atoms with Crippen LogP contribution in [0.3, 0.4) is 0 Å². The highest BCUT2D eigenvalue weighted by molar-refractivity contribution is 6.31. The quantitative estimate of drug-likeness (QED) is 0.287. The molecule has 0 saturated heterocycles. The van der Waals surface area contributed by atoms with Crippen LogP contribution in [0, 0.1) is 5.92 Å². The van der Waals surface area contributed by atoms with Gasteiger partial charge in [-0.3, -0.25) is 23.4 Å². The molecule has 1 aliphatic carbocycles. The Morgan fingerprint density at radius 1 is 1.19 bits per heavy atom. The first kappa shape index (κ1) is 29.4. The van der Waals surface area contributed by atoms with Gasteiger partial charge in [-0.15, -0.1) is 0 Å². The Morgan fingerprint density at radius 2 is 1.95 bits per heavy atom. The molecule has 1 amide bonds. The third-order valence-electron chi connectivity index (χ3n) is 7.53. The first-order chi connectivity index (χ1) is 20.0. The number of aryl methyl sites for hydroxylation is 1. The van der Waals surface area contributed by atoms with Gasteiger partial charge in [-0.2, -0.15) is 5.10 Å². The Kier molecular flexibility index (Phi) is 8.42. The Balaban J connectivity index is 0.000000342. The monoisotopic (exact) mass is 592 g/mol. The molecule has 2 N–H and O–H groups in total. The summed E-state index contributed by atoms with van der Waals surface area (Å²) in [5.74, 6) is 0.500. The average molecular weight is 593 g/mol. The van der Waals surface area contributed by atoms with Gasteiger partial charge in [-0.05, 0) is 68.8 Å². The number of nitrogens with one attached hydrogen (secondary N) is 2. The van der Waals surface area contributed by atoms with Crippen molar-refractivity contribution in [1.29, 1.82) is 0 Å². The molecule has 4 heterocycles. The fourth-order valence-corrected chi connectivity index (χ4v) is 5.24. The molecule has 4 aromatic heterocycles. The summed E-state index contributed by atoms with van der Waals surface area (Å²) in [5.41, 5.74) is 3.36. The van der Waals surface area contributed by atoms with Gasteiger partial charge in [0.25, 0.3) is 5.56 Å². The maximum absolute atomic E-state index is 13.4. The van der Waals surface area contributed by atoms with Crippen molar-refractivity contribution in [2.24, 2.45) is 20.0 Å². The number of amides is 1. The van der Waals surface area contributed by atoms with Gasteiger partial charge in [0.2, 0.25) is 5.91 Å². The number of nitrogens with zero attached hydrogens (tertiary/aromatic N) is 6. The van der Waals surface area contributed by atoms with E-state index in [-0.39, 0.29) is 17.2 Å². The van der Waals surface area contributed by atoms with Crippen LogP contribution >= 0.6 is 11.6 Å². The van der Waals surface area contributed by atoms with Crippen molar-refractivity contribution in [2.45, 2.75) is 32.9 Å². The number of carbonyl (C=O) groups is 1. The zero-order chi connectivity index (χ0) is 30.1. The van der Waals surface area contributed by atoms with E-state index in [2.05, 4.69) is 10.3 Å². The van der Waals surface area contributed by atoms with Gasteiger partial charge < -0.3 is 19.8 Å². The molecule has 1 saturated carbocycles. The van der Waals surface area contributed by atoms with E-state index in [1.165, 1.54) is 11.5 Å². The molecule has 12 heteroatoms. The lowest BCUT2D eigenvalue weighted by atomic mass is 10.1. The molecule has 6 rings (SSSR count). The molecule has 0 unspecified atom stereocenters. The summed E-state index contributed by atoms with van der Waals surface area (Å²) in [6.45, 7) is 4.17. The lowest BCUT2D eigenvalue weighted by Gasteiger charge is -2.09. The minimum atomic E-state index is -0.327. The van der Waals surface area contributed by atoms with E-state index in [0.29, 0.717) is 40.8 Å². The fraction of sp³-hybridized carbons (Fsp3) is 0.400. The average Bonchev–Trinajstić information content (AvgIpc) is 3.35. The maximum Gasteiger partial charge on any atom is 0.332 e. The third kappa shape index (κ3) is 6.07. The Labute approximate surface area is 248 Å². The number of hydrogen-bond acceptors (Lipinski definition) is 5. The minimum absolute atomic E-state index is 0.0388. The van der Waals surface area contributed by atoms with Crippen molar-refractivity contribution < 1.29 is 4.79 Å². The molecule has 0 aliphatic heterocycles. The zero-order valence-corrected chi connectivity index (χ0v) is 25.4. The second-order valence-corrected chi connectivity index (χ2v) is 11.6. The van der Waals surface area contributed by atoms with E-state index in [1.807, 2.05) is 78.0 Å². The van der Waals surface area contributed by atoms with Crippen LogP contribution in [0.4, 0.5) is 0 Å². The molecule has 0 atom stereocenters. The van der Waals surface area contributed by atoms with Gasteiger partial charge in [-0.25, -0.2) is 4.79 Å². The van der Waals surface area contributed by atoms with Gasteiger partial charge in [0.15, 0.2) is 5.65 Å². The summed E-state index contributed by atoms with van der Waals surface area (Å²) in [5, 5.41) is 9.69.